The van der Waals surface area contributed by atoms with Gasteiger partial charge in [0, 0.05) is 11.8 Å². The zero-order chi connectivity index (χ0) is 14.7. The van der Waals surface area contributed by atoms with Crippen molar-refractivity contribution in [2.75, 3.05) is 0 Å². The van der Waals surface area contributed by atoms with Crippen molar-refractivity contribution in [2.45, 2.75) is 13.5 Å². The first-order chi connectivity index (χ1) is 10.2. The molecule has 0 N–H and O–H groups in total. The Morgan fingerprint density at radius 2 is 1.95 bits per heavy atom. The van der Waals surface area contributed by atoms with Gasteiger partial charge in [-0.25, -0.2) is 4.68 Å². The summed E-state index contributed by atoms with van der Waals surface area (Å²) in [5, 5.41) is 4.36. The molecule has 0 radical (unpaired) electrons. The highest BCUT2D eigenvalue weighted by Gasteiger charge is 2.04. The summed E-state index contributed by atoms with van der Waals surface area (Å²) in [6.07, 6.45) is 3.81. The highest BCUT2D eigenvalue weighted by atomic mass is 79.9. The lowest BCUT2D eigenvalue weighted by molar-refractivity contribution is 0.304. The minimum Gasteiger partial charge on any atom is -0.488 e. The average Bonchev–Trinajstić information content (AvgIpc) is 2.96. The molecule has 0 unspecified atom stereocenters. The van der Waals surface area contributed by atoms with Gasteiger partial charge in [0.05, 0.1) is 16.4 Å². The number of benzene rings is 2. The Morgan fingerprint density at radius 3 is 2.71 bits per heavy atom. The molecule has 0 aliphatic heterocycles. The van der Waals surface area contributed by atoms with Crippen LogP contribution in [0.3, 0.4) is 0 Å². The number of halogens is 1. The van der Waals surface area contributed by atoms with Crippen molar-refractivity contribution in [3.63, 3.8) is 0 Å². The number of para-hydroxylation sites is 1. The van der Waals surface area contributed by atoms with Crippen LogP contribution < -0.4 is 4.74 Å². The molecule has 0 fully saturated rings. The second-order valence-electron chi connectivity index (χ2n) is 4.85. The highest BCUT2D eigenvalue weighted by Crippen LogP contribution is 2.26. The first kappa shape index (κ1) is 13.9. The number of aryl methyl sites for hydroxylation is 1. The van der Waals surface area contributed by atoms with E-state index < -0.39 is 0 Å². The lowest BCUT2D eigenvalue weighted by Gasteiger charge is -2.07. The summed E-state index contributed by atoms with van der Waals surface area (Å²) in [6, 6.07) is 16.1. The largest absolute Gasteiger partial charge is 0.488 e. The summed E-state index contributed by atoms with van der Waals surface area (Å²) in [7, 11) is 0. The van der Waals surface area contributed by atoms with E-state index in [-0.39, 0.29) is 0 Å². The fourth-order valence-electron chi connectivity index (χ4n) is 2.04. The summed E-state index contributed by atoms with van der Waals surface area (Å²) < 4.78 is 8.65. The van der Waals surface area contributed by atoms with Gasteiger partial charge in [-0.1, -0.05) is 24.3 Å². The second-order valence-corrected chi connectivity index (χ2v) is 5.71. The van der Waals surface area contributed by atoms with E-state index in [1.165, 1.54) is 5.56 Å². The molecule has 0 amide bonds. The molecule has 0 aliphatic rings. The quantitative estimate of drug-likeness (QED) is 0.696. The van der Waals surface area contributed by atoms with Crippen LogP contribution in [-0.4, -0.2) is 9.78 Å². The maximum atomic E-state index is 5.83. The van der Waals surface area contributed by atoms with Gasteiger partial charge in [-0.3, -0.25) is 0 Å². The van der Waals surface area contributed by atoms with Gasteiger partial charge in [0.2, 0.25) is 0 Å². The Hall–Kier alpha value is -2.07. The van der Waals surface area contributed by atoms with E-state index >= 15 is 0 Å². The standard InChI is InChI=1S/C17H15BrN2O/c1-13-7-8-17(16(18)9-13)21-12-14-10-19-20(11-14)15-5-3-2-4-6-15/h2-11H,12H2,1H3. The van der Waals surface area contributed by atoms with E-state index in [1.807, 2.05) is 65.6 Å². The Morgan fingerprint density at radius 1 is 1.14 bits per heavy atom. The maximum absolute atomic E-state index is 5.83. The van der Waals surface area contributed by atoms with Crippen LogP contribution in [0.25, 0.3) is 5.69 Å². The van der Waals surface area contributed by atoms with Gasteiger partial charge in [-0.15, -0.1) is 0 Å². The molecule has 0 saturated carbocycles. The number of ether oxygens (including phenoxy) is 1. The lowest BCUT2D eigenvalue weighted by Crippen LogP contribution is -1.96. The van der Waals surface area contributed by atoms with Gasteiger partial charge in [0.25, 0.3) is 0 Å². The first-order valence-electron chi connectivity index (χ1n) is 6.70. The van der Waals surface area contributed by atoms with Crippen LogP contribution in [0.2, 0.25) is 0 Å². The van der Waals surface area contributed by atoms with Gasteiger partial charge < -0.3 is 4.74 Å². The second kappa shape index (κ2) is 6.14. The molecule has 0 saturated heterocycles. The van der Waals surface area contributed by atoms with Crippen molar-refractivity contribution in [3.05, 3.63) is 76.5 Å². The highest BCUT2D eigenvalue weighted by molar-refractivity contribution is 9.10. The van der Waals surface area contributed by atoms with Gasteiger partial charge in [0.1, 0.15) is 12.4 Å². The van der Waals surface area contributed by atoms with E-state index in [0.717, 1.165) is 21.5 Å². The molecular formula is C17H15BrN2O. The van der Waals surface area contributed by atoms with Crippen molar-refractivity contribution in [2.24, 2.45) is 0 Å². The third-order valence-corrected chi connectivity index (χ3v) is 3.76. The van der Waals surface area contributed by atoms with Crippen LogP contribution in [0.4, 0.5) is 0 Å². The molecule has 21 heavy (non-hydrogen) atoms. The number of nitrogens with zero attached hydrogens (tertiary/aromatic N) is 2. The monoisotopic (exact) mass is 342 g/mol. The van der Waals surface area contributed by atoms with Crippen molar-refractivity contribution in [1.29, 1.82) is 0 Å². The normalized spacial score (nSPS) is 10.6. The summed E-state index contributed by atoms with van der Waals surface area (Å²) in [6.45, 7) is 2.55. The molecule has 0 bridgehead atoms. The lowest BCUT2D eigenvalue weighted by atomic mass is 10.2. The molecule has 0 aliphatic carbocycles. The third-order valence-electron chi connectivity index (χ3n) is 3.14. The summed E-state index contributed by atoms with van der Waals surface area (Å²) in [4.78, 5) is 0. The van der Waals surface area contributed by atoms with Crippen molar-refractivity contribution in [1.82, 2.24) is 9.78 Å². The summed E-state index contributed by atoms with van der Waals surface area (Å²) in [5.74, 6) is 0.841. The van der Waals surface area contributed by atoms with Crippen LogP contribution in [0.1, 0.15) is 11.1 Å². The molecule has 3 aromatic rings. The Balaban J connectivity index is 1.70. The Labute approximate surface area is 132 Å². The summed E-state index contributed by atoms with van der Waals surface area (Å²) >= 11 is 3.52. The van der Waals surface area contributed by atoms with E-state index in [2.05, 4.69) is 28.0 Å². The Bertz CT molecular complexity index is 738. The molecule has 106 valence electrons. The number of rotatable bonds is 4. The van der Waals surface area contributed by atoms with Crippen LogP contribution in [0, 0.1) is 6.92 Å². The van der Waals surface area contributed by atoms with Crippen molar-refractivity contribution < 1.29 is 4.74 Å². The van der Waals surface area contributed by atoms with E-state index in [4.69, 9.17) is 4.74 Å². The fourth-order valence-corrected chi connectivity index (χ4v) is 2.65. The molecule has 2 aromatic carbocycles. The molecule has 0 spiro atoms. The first-order valence-corrected chi connectivity index (χ1v) is 7.49. The molecule has 1 aromatic heterocycles. The molecule has 4 heteroatoms. The zero-order valence-corrected chi connectivity index (χ0v) is 13.2. The van der Waals surface area contributed by atoms with Gasteiger partial charge in [-0.2, -0.15) is 5.10 Å². The SMILES string of the molecule is Cc1ccc(OCc2cnn(-c3ccccc3)c2)c(Br)c1. The smallest absolute Gasteiger partial charge is 0.134 e. The summed E-state index contributed by atoms with van der Waals surface area (Å²) in [5.41, 5.74) is 3.28. The number of hydrogen-bond acceptors (Lipinski definition) is 2. The molecule has 3 nitrogen and oxygen atoms in total. The van der Waals surface area contributed by atoms with Crippen LogP contribution in [-0.2, 0) is 6.61 Å². The number of hydrogen-bond donors (Lipinski definition) is 0. The average molecular weight is 343 g/mol. The minimum absolute atomic E-state index is 0.495. The molecule has 3 rings (SSSR count). The van der Waals surface area contributed by atoms with E-state index in [9.17, 15) is 0 Å². The van der Waals surface area contributed by atoms with Gasteiger partial charge >= 0.3 is 0 Å². The van der Waals surface area contributed by atoms with Gasteiger partial charge in [-0.05, 0) is 52.7 Å². The zero-order valence-electron chi connectivity index (χ0n) is 11.7. The Kier molecular flexibility index (Phi) is 4.06. The topological polar surface area (TPSA) is 27.1 Å². The molecular weight excluding hydrogens is 328 g/mol. The van der Waals surface area contributed by atoms with Crippen molar-refractivity contribution in [3.8, 4) is 11.4 Å². The van der Waals surface area contributed by atoms with Crippen LogP contribution >= 0.6 is 15.9 Å². The van der Waals surface area contributed by atoms with Gasteiger partial charge in [0.15, 0.2) is 0 Å². The maximum Gasteiger partial charge on any atom is 0.134 e. The molecule has 0 atom stereocenters. The number of aromatic nitrogens is 2. The third kappa shape index (κ3) is 3.34. The molecule has 1 heterocycles. The van der Waals surface area contributed by atoms with E-state index in [0.29, 0.717) is 6.61 Å². The fraction of sp³-hybridized carbons (Fsp3) is 0.118. The van der Waals surface area contributed by atoms with Crippen LogP contribution in [0.5, 0.6) is 5.75 Å². The predicted octanol–water partition coefficient (Wildman–Crippen LogP) is 4.52. The van der Waals surface area contributed by atoms with E-state index in [1.54, 1.807) is 0 Å². The predicted molar refractivity (Wildman–Crippen MR) is 86.8 cm³/mol. The van der Waals surface area contributed by atoms with Crippen LogP contribution in [0.15, 0.2) is 65.4 Å². The van der Waals surface area contributed by atoms with Crippen molar-refractivity contribution >= 4 is 15.9 Å². The minimum atomic E-state index is 0.495.